The van der Waals surface area contributed by atoms with Gasteiger partial charge in [-0.15, -0.1) is 0 Å². The van der Waals surface area contributed by atoms with E-state index in [1.165, 1.54) is 24.3 Å². The maximum Gasteiger partial charge on any atom is 0.290 e. The van der Waals surface area contributed by atoms with E-state index in [4.69, 9.17) is 0 Å². The summed E-state index contributed by atoms with van der Waals surface area (Å²) in [5.41, 5.74) is 1.18. The van der Waals surface area contributed by atoms with E-state index in [0.717, 1.165) is 12.8 Å². The van der Waals surface area contributed by atoms with E-state index in [2.05, 4.69) is 17.2 Å². The van der Waals surface area contributed by atoms with Crippen molar-refractivity contribution in [1.82, 2.24) is 14.3 Å². The molecule has 0 atom stereocenters. The Morgan fingerprint density at radius 2 is 1.82 bits per heavy atom. The number of hydrogen-bond acceptors (Lipinski definition) is 3. The number of fused-ring (bicyclic) bond motifs is 1. The first kappa shape index (κ1) is 18.2. The van der Waals surface area contributed by atoms with Crippen LogP contribution in [0.1, 0.15) is 40.9 Å². The van der Waals surface area contributed by atoms with Crippen LogP contribution >= 0.6 is 0 Å². The van der Waals surface area contributed by atoms with Crippen LogP contribution in [0.5, 0.6) is 0 Å². The molecule has 0 radical (unpaired) electrons. The molecule has 2 amide bonds. The molecule has 0 bridgehead atoms. The van der Waals surface area contributed by atoms with Crippen molar-refractivity contribution in [2.45, 2.75) is 19.8 Å². The van der Waals surface area contributed by atoms with E-state index < -0.39 is 5.91 Å². The summed E-state index contributed by atoms with van der Waals surface area (Å²) in [6.07, 6.45) is 3.66. The Balaban J connectivity index is 1.65. The molecular weight excluding hydrogens is 359 g/mol. The van der Waals surface area contributed by atoms with Crippen molar-refractivity contribution in [3.8, 4) is 0 Å². The van der Waals surface area contributed by atoms with Crippen molar-refractivity contribution in [2.24, 2.45) is 5.92 Å². The minimum Gasteiger partial charge on any atom is -0.336 e. The third-order valence-electron chi connectivity index (χ3n) is 5.13. The van der Waals surface area contributed by atoms with Crippen molar-refractivity contribution in [2.75, 3.05) is 18.4 Å². The van der Waals surface area contributed by atoms with E-state index >= 15 is 0 Å². The monoisotopic (exact) mass is 380 g/mol. The zero-order valence-corrected chi connectivity index (χ0v) is 15.6. The molecule has 0 aliphatic carbocycles. The number of benzene rings is 1. The standard InChI is InChI=1S/C21H21FN4O2/c1-14-9-12-25(13-10-14)21(28)19-24-18(17-4-2-3-11-26(17)19)20(27)23-16-7-5-15(22)6-8-16/h2-8,11,14H,9-10,12-13H2,1H3,(H,23,27). The van der Waals surface area contributed by atoms with Gasteiger partial charge in [0, 0.05) is 25.0 Å². The molecule has 1 fully saturated rings. The number of carbonyl (C=O) groups is 2. The van der Waals surface area contributed by atoms with Gasteiger partial charge in [0.1, 0.15) is 5.82 Å². The Morgan fingerprint density at radius 1 is 1.11 bits per heavy atom. The molecule has 1 aromatic carbocycles. The van der Waals surface area contributed by atoms with E-state index in [1.54, 1.807) is 33.7 Å². The number of likely N-dealkylation sites (tertiary alicyclic amines) is 1. The summed E-state index contributed by atoms with van der Waals surface area (Å²) in [5, 5.41) is 2.71. The molecule has 1 saturated heterocycles. The lowest BCUT2D eigenvalue weighted by Crippen LogP contribution is -2.38. The third-order valence-corrected chi connectivity index (χ3v) is 5.13. The van der Waals surface area contributed by atoms with Gasteiger partial charge in [0.05, 0.1) is 5.52 Å². The zero-order valence-electron chi connectivity index (χ0n) is 15.6. The van der Waals surface area contributed by atoms with Gasteiger partial charge in [-0.3, -0.25) is 14.0 Å². The normalized spacial score (nSPS) is 15.0. The molecule has 2 aromatic heterocycles. The first-order chi connectivity index (χ1) is 13.5. The number of carbonyl (C=O) groups excluding carboxylic acids is 2. The van der Waals surface area contributed by atoms with Gasteiger partial charge in [-0.05, 0) is 55.2 Å². The van der Waals surface area contributed by atoms with E-state index in [1.807, 2.05) is 0 Å². The maximum atomic E-state index is 13.1. The van der Waals surface area contributed by atoms with Gasteiger partial charge in [0.2, 0.25) is 5.82 Å². The molecule has 0 spiro atoms. The van der Waals surface area contributed by atoms with Crippen LogP contribution in [0.3, 0.4) is 0 Å². The molecule has 28 heavy (non-hydrogen) atoms. The smallest absolute Gasteiger partial charge is 0.290 e. The van der Waals surface area contributed by atoms with Gasteiger partial charge >= 0.3 is 0 Å². The molecule has 1 N–H and O–H groups in total. The Kier molecular flexibility index (Phi) is 4.81. The van der Waals surface area contributed by atoms with Crippen LogP contribution in [0.15, 0.2) is 48.7 Å². The molecule has 4 rings (SSSR count). The number of imidazole rings is 1. The number of halogens is 1. The van der Waals surface area contributed by atoms with Gasteiger partial charge < -0.3 is 10.2 Å². The lowest BCUT2D eigenvalue weighted by Gasteiger charge is -2.29. The van der Waals surface area contributed by atoms with Crippen molar-refractivity contribution < 1.29 is 14.0 Å². The van der Waals surface area contributed by atoms with Crippen LogP contribution in [0, 0.1) is 11.7 Å². The first-order valence-electron chi connectivity index (χ1n) is 9.36. The average Bonchev–Trinajstić information content (AvgIpc) is 3.10. The number of nitrogens with one attached hydrogen (secondary N) is 1. The molecule has 144 valence electrons. The van der Waals surface area contributed by atoms with Crippen LogP contribution in [0.4, 0.5) is 10.1 Å². The van der Waals surface area contributed by atoms with E-state index in [-0.39, 0.29) is 23.2 Å². The predicted octanol–water partition coefficient (Wildman–Crippen LogP) is 3.60. The van der Waals surface area contributed by atoms with Crippen molar-refractivity contribution >= 4 is 23.0 Å². The Labute approximate surface area is 162 Å². The fourth-order valence-corrected chi connectivity index (χ4v) is 3.43. The maximum absolute atomic E-state index is 13.1. The summed E-state index contributed by atoms with van der Waals surface area (Å²) in [6, 6.07) is 10.8. The van der Waals surface area contributed by atoms with Gasteiger partial charge in [0.15, 0.2) is 5.69 Å². The van der Waals surface area contributed by atoms with E-state index in [0.29, 0.717) is 30.2 Å². The second-order valence-corrected chi connectivity index (χ2v) is 7.18. The summed E-state index contributed by atoms with van der Waals surface area (Å²) >= 11 is 0. The Hall–Kier alpha value is -3.22. The number of pyridine rings is 1. The van der Waals surface area contributed by atoms with Crippen LogP contribution < -0.4 is 5.32 Å². The number of hydrogen-bond donors (Lipinski definition) is 1. The third kappa shape index (κ3) is 3.47. The second kappa shape index (κ2) is 7.42. The predicted molar refractivity (Wildman–Crippen MR) is 104 cm³/mol. The summed E-state index contributed by atoms with van der Waals surface area (Å²) in [4.78, 5) is 32.0. The van der Waals surface area contributed by atoms with Crippen LogP contribution in [-0.2, 0) is 0 Å². The highest BCUT2D eigenvalue weighted by molar-refractivity contribution is 6.08. The zero-order chi connectivity index (χ0) is 19.7. The number of anilines is 1. The summed E-state index contributed by atoms with van der Waals surface area (Å²) < 4.78 is 14.7. The topological polar surface area (TPSA) is 66.7 Å². The lowest BCUT2D eigenvalue weighted by molar-refractivity contribution is 0.0684. The fraction of sp³-hybridized carbons (Fsp3) is 0.286. The number of amides is 2. The number of nitrogens with zero attached hydrogens (tertiary/aromatic N) is 3. The Bertz CT molecular complexity index is 1020. The van der Waals surface area contributed by atoms with Crippen LogP contribution in [-0.4, -0.2) is 39.2 Å². The summed E-state index contributed by atoms with van der Waals surface area (Å²) in [7, 11) is 0. The van der Waals surface area contributed by atoms with Crippen molar-refractivity contribution in [3.63, 3.8) is 0 Å². The highest BCUT2D eigenvalue weighted by Crippen LogP contribution is 2.21. The molecule has 0 saturated carbocycles. The Morgan fingerprint density at radius 3 is 2.54 bits per heavy atom. The molecule has 1 aliphatic heterocycles. The molecular formula is C21H21FN4O2. The number of aromatic nitrogens is 2. The molecule has 7 heteroatoms. The van der Waals surface area contributed by atoms with Gasteiger partial charge in [0.25, 0.3) is 11.8 Å². The molecule has 0 unspecified atom stereocenters. The quantitative estimate of drug-likeness (QED) is 0.755. The van der Waals surface area contributed by atoms with Gasteiger partial charge in [-0.2, -0.15) is 0 Å². The molecule has 6 nitrogen and oxygen atoms in total. The lowest BCUT2D eigenvalue weighted by atomic mass is 9.99. The fourth-order valence-electron chi connectivity index (χ4n) is 3.43. The first-order valence-corrected chi connectivity index (χ1v) is 9.36. The largest absolute Gasteiger partial charge is 0.336 e. The van der Waals surface area contributed by atoms with Crippen molar-refractivity contribution in [3.05, 3.63) is 66.0 Å². The number of rotatable bonds is 3. The summed E-state index contributed by atoms with van der Waals surface area (Å²) in [5.74, 6) is -0.155. The minimum absolute atomic E-state index is 0.165. The van der Waals surface area contributed by atoms with Crippen molar-refractivity contribution in [1.29, 1.82) is 0 Å². The number of piperidine rings is 1. The SMILES string of the molecule is CC1CCN(C(=O)c2nc(C(=O)Nc3ccc(F)cc3)c3ccccn23)CC1. The molecule has 1 aliphatic rings. The summed E-state index contributed by atoms with van der Waals surface area (Å²) in [6.45, 7) is 3.57. The van der Waals surface area contributed by atoms with Gasteiger partial charge in [-0.1, -0.05) is 13.0 Å². The minimum atomic E-state index is -0.443. The molecule has 3 aromatic rings. The van der Waals surface area contributed by atoms with Gasteiger partial charge in [-0.25, -0.2) is 9.37 Å². The van der Waals surface area contributed by atoms with E-state index in [9.17, 15) is 14.0 Å². The average molecular weight is 380 g/mol. The highest BCUT2D eigenvalue weighted by atomic mass is 19.1. The molecule has 3 heterocycles. The highest BCUT2D eigenvalue weighted by Gasteiger charge is 2.27. The second-order valence-electron chi connectivity index (χ2n) is 7.18. The van der Waals surface area contributed by atoms with Crippen LogP contribution in [0.25, 0.3) is 5.52 Å². The van der Waals surface area contributed by atoms with Crippen LogP contribution in [0.2, 0.25) is 0 Å².